The van der Waals surface area contributed by atoms with E-state index < -0.39 is 6.16 Å². The lowest BCUT2D eigenvalue weighted by Crippen LogP contribution is -1.89. The molecule has 2 N–H and O–H groups in total. The zero-order chi connectivity index (χ0) is 11.8. The normalized spacial score (nSPS) is 17.4. The number of hydrogen-bond donors (Lipinski definition) is 2. The van der Waals surface area contributed by atoms with Gasteiger partial charge in [-0.1, -0.05) is 48.6 Å². The fraction of sp³-hybridized carbons (Fsp3) is 0.0833. The average molecular weight is 236 g/mol. The van der Waals surface area contributed by atoms with E-state index in [2.05, 4.69) is 54.0 Å². The molecule has 0 fully saturated rings. The first kappa shape index (κ1) is 12.4. The van der Waals surface area contributed by atoms with Gasteiger partial charge < -0.3 is 10.2 Å². The zero-order valence-corrected chi connectivity index (χ0v) is 9.30. The molecule has 0 saturated heterocycles. The SMILES string of the molecule is C1=CSC(c2ccccc2)C=C1.O=C(O)O. The molecule has 1 aromatic rings. The molecule has 2 rings (SSSR count). The molecule has 0 amide bonds. The second-order valence-electron chi connectivity index (χ2n) is 2.96. The second kappa shape index (κ2) is 6.74. The summed E-state index contributed by atoms with van der Waals surface area (Å²) in [6, 6.07) is 10.6. The van der Waals surface area contributed by atoms with Crippen molar-refractivity contribution in [3.63, 3.8) is 0 Å². The topological polar surface area (TPSA) is 57.5 Å². The van der Waals surface area contributed by atoms with Crippen LogP contribution in [-0.2, 0) is 0 Å². The van der Waals surface area contributed by atoms with Gasteiger partial charge in [0.2, 0.25) is 0 Å². The van der Waals surface area contributed by atoms with Crippen molar-refractivity contribution in [3.8, 4) is 0 Å². The largest absolute Gasteiger partial charge is 0.503 e. The lowest BCUT2D eigenvalue weighted by Gasteiger charge is -2.11. The van der Waals surface area contributed by atoms with Crippen LogP contribution in [0.15, 0.2) is 54.0 Å². The Morgan fingerprint density at radius 1 is 1.12 bits per heavy atom. The summed E-state index contributed by atoms with van der Waals surface area (Å²) in [6.45, 7) is 0. The van der Waals surface area contributed by atoms with E-state index in [1.54, 1.807) is 0 Å². The number of allylic oxidation sites excluding steroid dienone is 2. The molecule has 0 bridgehead atoms. The van der Waals surface area contributed by atoms with Crippen LogP contribution < -0.4 is 0 Å². The monoisotopic (exact) mass is 236 g/mol. The zero-order valence-electron chi connectivity index (χ0n) is 8.48. The van der Waals surface area contributed by atoms with Gasteiger partial charge in [-0.2, -0.15) is 0 Å². The van der Waals surface area contributed by atoms with E-state index in [9.17, 15) is 0 Å². The van der Waals surface area contributed by atoms with Crippen molar-refractivity contribution in [2.45, 2.75) is 5.25 Å². The summed E-state index contributed by atoms with van der Waals surface area (Å²) in [4.78, 5) is 8.56. The van der Waals surface area contributed by atoms with E-state index in [0.29, 0.717) is 5.25 Å². The molecule has 0 aliphatic carbocycles. The van der Waals surface area contributed by atoms with Gasteiger partial charge in [-0.15, -0.1) is 11.8 Å². The van der Waals surface area contributed by atoms with Gasteiger partial charge in [-0.3, -0.25) is 0 Å². The molecule has 0 radical (unpaired) electrons. The van der Waals surface area contributed by atoms with E-state index in [1.165, 1.54) is 5.56 Å². The van der Waals surface area contributed by atoms with Crippen molar-refractivity contribution in [1.29, 1.82) is 0 Å². The highest BCUT2D eigenvalue weighted by atomic mass is 32.2. The summed E-state index contributed by atoms with van der Waals surface area (Å²) in [6.07, 6.45) is 4.57. The predicted octanol–water partition coefficient (Wildman–Crippen LogP) is 3.77. The molecule has 84 valence electrons. The van der Waals surface area contributed by atoms with Crippen LogP contribution in [0.25, 0.3) is 0 Å². The van der Waals surface area contributed by atoms with Crippen LogP contribution in [0.1, 0.15) is 10.8 Å². The van der Waals surface area contributed by atoms with E-state index in [4.69, 9.17) is 15.0 Å². The predicted molar refractivity (Wildman–Crippen MR) is 65.7 cm³/mol. The van der Waals surface area contributed by atoms with Gasteiger partial charge in [-0.25, -0.2) is 4.79 Å². The van der Waals surface area contributed by atoms with Gasteiger partial charge in [0.05, 0.1) is 5.25 Å². The number of hydrogen-bond acceptors (Lipinski definition) is 2. The van der Waals surface area contributed by atoms with Gasteiger partial charge in [0.15, 0.2) is 0 Å². The first-order valence-electron chi connectivity index (χ1n) is 4.66. The Bertz CT molecular complexity index is 381. The Morgan fingerprint density at radius 3 is 2.25 bits per heavy atom. The minimum absolute atomic E-state index is 0.510. The number of rotatable bonds is 1. The first-order chi connectivity index (χ1) is 7.70. The molecule has 0 saturated carbocycles. The molecule has 1 aliphatic heterocycles. The molecule has 1 aliphatic rings. The van der Waals surface area contributed by atoms with Gasteiger partial charge in [0, 0.05) is 0 Å². The van der Waals surface area contributed by atoms with Gasteiger partial charge >= 0.3 is 6.16 Å². The van der Waals surface area contributed by atoms with Crippen LogP contribution >= 0.6 is 11.8 Å². The highest BCUT2D eigenvalue weighted by Gasteiger charge is 2.06. The van der Waals surface area contributed by atoms with Crippen molar-refractivity contribution >= 4 is 17.9 Å². The van der Waals surface area contributed by atoms with E-state index in [1.807, 2.05) is 11.8 Å². The third-order valence-corrected chi connectivity index (χ3v) is 2.87. The van der Waals surface area contributed by atoms with Crippen LogP contribution in [0, 0.1) is 0 Å². The fourth-order valence-electron chi connectivity index (χ4n) is 1.22. The lowest BCUT2D eigenvalue weighted by molar-refractivity contribution is 0.137. The number of thioether (sulfide) groups is 1. The Hall–Kier alpha value is -1.68. The Morgan fingerprint density at radius 2 is 1.75 bits per heavy atom. The van der Waals surface area contributed by atoms with Crippen LogP contribution in [0.5, 0.6) is 0 Å². The Kier molecular flexibility index (Phi) is 5.22. The molecule has 1 unspecified atom stereocenters. The summed E-state index contributed by atoms with van der Waals surface area (Å²) in [5.74, 6) is 0. The minimum atomic E-state index is -1.83. The van der Waals surface area contributed by atoms with Crippen LogP contribution in [-0.4, -0.2) is 16.4 Å². The van der Waals surface area contributed by atoms with Gasteiger partial charge in [0.1, 0.15) is 0 Å². The number of carbonyl (C=O) groups is 1. The van der Waals surface area contributed by atoms with Crippen LogP contribution in [0.2, 0.25) is 0 Å². The summed E-state index contributed by atoms with van der Waals surface area (Å²) in [5.41, 5.74) is 1.38. The third kappa shape index (κ3) is 4.70. The minimum Gasteiger partial charge on any atom is -0.450 e. The van der Waals surface area contributed by atoms with Crippen molar-refractivity contribution < 1.29 is 15.0 Å². The second-order valence-corrected chi connectivity index (χ2v) is 4.02. The maximum atomic E-state index is 8.56. The summed E-state index contributed by atoms with van der Waals surface area (Å²) in [7, 11) is 0. The molecule has 1 atom stereocenters. The molecule has 16 heavy (non-hydrogen) atoms. The quantitative estimate of drug-likeness (QED) is 0.779. The van der Waals surface area contributed by atoms with Crippen molar-refractivity contribution in [2.24, 2.45) is 0 Å². The van der Waals surface area contributed by atoms with Crippen molar-refractivity contribution in [1.82, 2.24) is 0 Å². The van der Waals surface area contributed by atoms with Gasteiger partial charge in [-0.05, 0) is 11.0 Å². The summed E-state index contributed by atoms with van der Waals surface area (Å²) >= 11 is 1.85. The van der Waals surface area contributed by atoms with E-state index in [0.717, 1.165) is 0 Å². The van der Waals surface area contributed by atoms with Crippen molar-refractivity contribution in [2.75, 3.05) is 0 Å². The maximum Gasteiger partial charge on any atom is 0.503 e. The van der Waals surface area contributed by atoms with Crippen LogP contribution in [0.3, 0.4) is 0 Å². The highest BCUT2D eigenvalue weighted by Crippen LogP contribution is 2.32. The number of benzene rings is 1. The number of carboxylic acid groups (broad SMARTS) is 2. The average Bonchev–Trinajstić information content (AvgIpc) is 2.31. The molecule has 1 aromatic carbocycles. The fourth-order valence-corrected chi connectivity index (χ4v) is 2.06. The molecular weight excluding hydrogens is 224 g/mol. The highest BCUT2D eigenvalue weighted by molar-refractivity contribution is 8.02. The molecule has 4 heteroatoms. The standard InChI is InChI=1S/C11H10S.CH2O3/c1-2-6-10(7-3-1)11-8-4-5-9-12-11;2-1(3)4/h1-9,11H;(H2,2,3,4). The lowest BCUT2D eigenvalue weighted by atomic mass is 10.1. The van der Waals surface area contributed by atoms with Crippen LogP contribution in [0.4, 0.5) is 4.79 Å². The third-order valence-electron chi connectivity index (χ3n) is 1.83. The molecular formula is C12H12O3S. The molecule has 0 aromatic heterocycles. The molecule has 0 spiro atoms. The van der Waals surface area contributed by atoms with E-state index >= 15 is 0 Å². The smallest absolute Gasteiger partial charge is 0.450 e. The summed E-state index contributed by atoms with van der Waals surface area (Å²) in [5, 5.41) is 16.6. The summed E-state index contributed by atoms with van der Waals surface area (Å²) < 4.78 is 0. The maximum absolute atomic E-state index is 8.56. The molecule has 1 heterocycles. The van der Waals surface area contributed by atoms with E-state index in [-0.39, 0.29) is 0 Å². The van der Waals surface area contributed by atoms with Gasteiger partial charge in [0.25, 0.3) is 0 Å². The first-order valence-corrected chi connectivity index (χ1v) is 5.60. The Balaban J connectivity index is 0.000000280. The van der Waals surface area contributed by atoms with Crippen molar-refractivity contribution in [3.05, 3.63) is 59.5 Å². The molecule has 3 nitrogen and oxygen atoms in total. The Labute approximate surface area is 98.1 Å².